The predicted octanol–water partition coefficient (Wildman–Crippen LogP) is 2.66. The number of urea groups is 1. The number of hydrogen-bond acceptors (Lipinski definition) is 5. The second kappa shape index (κ2) is 9.14. The zero-order valence-corrected chi connectivity index (χ0v) is 17.9. The highest BCUT2D eigenvalue weighted by atomic mass is 16.5. The van der Waals surface area contributed by atoms with Gasteiger partial charge in [0.25, 0.3) is 5.91 Å². The second-order valence-corrected chi connectivity index (χ2v) is 7.71. The molecule has 1 saturated heterocycles. The number of rotatable bonds is 4. The Kier molecular flexibility index (Phi) is 6.11. The zero-order valence-electron chi connectivity index (χ0n) is 17.9. The topological polar surface area (TPSA) is 123 Å². The number of morpholine rings is 1. The van der Waals surface area contributed by atoms with Crippen molar-refractivity contribution in [2.75, 3.05) is 31.2 Å². The Morgan fingerprint density at radius 1 is 1.15 bits per heavy atom. The van der Waals surface area contributed by atoms with E-state index in [1.54, 1.807) is 48.2 Å². The van der Waals surface area contributed by atoms with Crippen LogP contribution in [0.5, 0.6) is 0 Å². The highest BCUT2D eigenvalue weighted by Crippen LogP contribution is 2.35. The summed E-state index contributed by atoms with van der Waals surface area (Å²) in [6, 6.07) is 13.5. The molecule has 0 radical (unpaired) electrons. The average Bonchev–Trinajstić information content (AvgIpc) is 2.84. The Bertz CT molecular complexity index is 1180. The number of aromatic carboxylic acids is 1. The highest BCUT2D eigenvalue weighted by Gasteiger charge is 2.38. The molecule has 0 spiro atoms. The average molecular weight is 446 g/mol. The predicted molar refractivity (Wildman–Crippen MR) is 118 cm³/mol. The molecule has 33 heavy (non-hydrogen) atoms. The Labute approximate surface area is 190 Å². The molecule has 9 heteroatoms. The molecule has 2 aromatic rings. The van der Waals surface area contributed by atoms with Gasteiger partial charge in [0, 0.05) is 18.8 Å². The number of hydrogen-bond donors (Lipinski definition) is 2. The molecular weight excluding hydrogens is 424 g/mol. The molecule has 0 aliphatic carbocycles. The van der Waals surface area contributed by atoms with Crippen LogP contribution in [0.25, 0.3) is 0 Å². The van der Waals surface area contributed by atoms with E-state index in [9.17, 15) is 19.5 Å². The minimum Gasteiger partial charge on any atom is -0.478 e. The number of allylic oxidation sites excluding steroid dienone is 1. The molecule has 0 unspecified atom stereocenters. The van der Waals surface area contributed by atoms with E-state index in [2.05, 4.69) is 11.4 Å². The molecular formula is C24H22N4O5. The Balaban J connectivity index is 1.82. The number of carbonyl (C=O) groups excluding carboxylic acids is 2. The van der Waals surface area contributed by atoms with Gasteiger partial charge in [0.05, 0.1) is 47.7 Å². The summed E-state index contributed by atoms with van der Waals surface area (Å²) >= 11 is 0. The summed E-state index contributed by atoms with van der Waals surface area (Å²) in [6.45, 7) is 3.39. The lowest BCUT2D eigenvalue weighted by atomic mass is 9.92. The van der Waals surface area contributed by atoms with Gasteiger partial charge in [-0.25, -0.2) is 9.59 Å². The molecule has 2 aliphatic heterocycles. The van der Waals surface area contributed by atoms with Gasteiger partial charge in [-0.3, -0.25) is 9.69 Å². The van der Waals surface area contributed by atoms with Crippen molar-refractivity contribution in [2.45, 2.75) is 13.0 Å². The van der Waals surface area contributed by atoms with Crippen molar-refractivity contribution in [3.63, 3.8) is 0 Å². The van der Waals surface area contributed by atoms with Crippen LogP contribution in [0, 0.1) is 11.3 Å². The van der Waals surface area contributed by atoms with Crippen LogP contribution in [0.3, 0.4) is 0 Å². The first-order valence-electron chi connectivity index (χ1n) is 10.4. The summed E-state index contributed by atoms with van der Waals surface area (Å²) in [4.78, 5) is 41.2. The van der Waals surface area contributed by atoms with Crippen molar-refractivity contribution in [3.05, 3.63) is 76.5 Å². The fourth-order valence-corrected chi connectivity index (χ4v) is 4.05. The number of nitrogens with zero attached hydrogens (tertiary/aromatic N) is 3. The van der Waals surface area contributed by atoms with Crippen LogP contribution in [0.1, 0.15) is 34.5 Å². The van der Waals surface area contributed by atoms with Gasteiger partial charge in [0.2, 0.25) is 0 Å². The van der Waals surface area contributed by atoms with Crippen LogP contribution in [-0.2, 0) is 9.53 Å². The molecule has 0 bridgehead atoms. The monoisotopic (exact) mass is 446 g/mol. The molecule has 0 saturated carbocycles. The third-order valence-electron chi connectivity index (χ3n) is 5.74. The molecule has 2 aliphatic rings. The van der Waals surface area contributed by atoms with E-state index in [0.29, 0.717) is 54.4 Å². The number of carboxylic acids is 1. The summed E-state index contributed by atoms with van der Waals surface area (Å²) in [5.41, 5.74) is 2.29. The Morgan fingerprint density at radius 2 is 1.85 bits per heavy atom. The Morgan fingerprint density at radius 3 is 2.48 bits per heavy atom. The highest BCUT2D eigenvalue weighted by molar-refractivity contribution is 6.05. The van der Waals surface area contributed by atoms with Gasteiger partial charge in [-0.2, -0.15) is 5.26 Å². The van der Waals surface area contributed by atoms with E-state index in [1.807, 2.05) is 0 Å². The van der Waals surface area contributed by atoms with Crippen molar-refractivity contribution in [3.8, 4) is 6.07 Å². The zero-order chi connectivity index (χ0) is 23.5. The van der Waals surface area contributed by atoms with Crippen LogP contribution in [-0.4, -0.2) is 54.2 Å². The summed E-state index contributed by atoms with van der Waals surface area (Å²) < 4.78 is 5.37. The van der Waals surface area contributed by atoms with E-state index in [1.165, 1.54) is 17.0 Å². The molecule has 168 valence electrons. The van der Waals surface area contributed by atoms with Gasteiger partial charge >= 0.3 is 12.0 Å². The van der Waals surface area contributed by atoms with Crippen LogP contribution < -0.4 is 10.2 Å². The van der Waals surface area contributed by atoms with E-state index in [4.69, 9.17) is 10.00 Å². The first-order chi connectivity index (χ1) is 15.9. The standard InChI is InChI=1S/C24H22N4O5/c1-15-20(22(29)27-9-11-33-12-10-27)21(17-7-5-16(14-25)6-8-17)26-24(32)28(15)19-4-2-3-18(13-19)23(30)31/h2-8,13,21H,9-12H2,1H3,(H,26,32)(H,30,31)/t21-/m0/s1. The maximum atomic E-state index is 13.6. The van der Waals surface area contributed by atoms with Crippen LogP contribution in [0.4, 0.5) is 10.5 Å². The van der Waals surface area contributed by atoms with Crippen molar-refractivity contribution in [1.82, 2.24) is 10.2 Å². The molecule has 9 nitrogen and oxygen atoms in total. The third kappa shape index (κ3) is 4.29. The maximum absolute atomic E-state index is 13.6. The maximum Gasteiger partial charge on any atom is 0.335 e. The van der Waals surface area contributed by atoms with Crippen LogP contribution >= 0.6 is 0 Å². The van der Waals surface area contributed by atoms with Crippen molar-refractivity contribution in [2.24, 2.45) is 0 Å². The van der Waals surface area contributed by atoms with E-state index < -0.39 is 18.0 Å². The molecule has 2 heterocycles. The lowest BCUT2D eigenvalue weighted by Crippen LogP contribution is -2.51. The van der Waals surface area contributed by atoms with Gasteiger partial charge < -0.3 is 20.1 Å². The lowest BCUT2D eigenvalue weighted by molar-refractivity contribution is -0.131. The van der Waals surface area contributed by atoms with Crippen molar-refractivity contribution < 1.29 is 24.2 Å². The van der Waals surface area contributed by atoms with Gasteiger partial charge in [0.15, 0.2) is 0 Å². The number of nitriles is 1. The molecule has 4 rings (SSSR count). The van der Waals surface area contributed by atoms with Gasteiger partial charge in [-0.15, -0.1) is 0 Å². The SMILES string of the molecule is CC1=C(C(=O)N2CCOCC2)[C@H](c2ccc(C#N)cc2)NC(=O)N1c1cccc(C(=O)O)c1. The number of nitrogens with one attached hydrogen (secondary N) is 1. The first-order valence-corrected chi connectivity index (χ1v) is 10.4. The van der Waals surface area contributed by atoms with E-state index >= 15 is 0 Å². The number of benzene rings is 2. The summed E-state index contributed by atoms with van der Waals surface area (Å²) in [6.07, 6.45) is 0. The van der Waals surface area contributed by atoms with Crippen molar-refractivity contribution >= 4 is 23.6 Å². The fraction of sp³-hybridized carbons (Fsp3) is 0.250. The lowest BCUT2D eigenvalue weighted by Gasteiger charge is -2.38. The number of ether oxygens (including phenoxy) is 1. The molecule has 3 amide bonds. The fourth-order valence-electron chi connectivity index (χ4n) is 4.05. The van der Waals surface area contributed by atoms with Crippen LogP contribution in [0.2, 0.25) is 0 Å². The smallest absolute Gasteiger partial charge is 0.335 e. The molecule has 2 aromatic carbocycles. The van der Waals surface area contributed by atoms with E-state index in [-0.39, 0.29) is 11.5 Å². The van der Waals surface area contributed by atoms with Crippen LogP contribution in [0.15, 0.2) is 59.8 Å². The number of amides is 3. The van der Waals surface area contributed by atoms with E-state index in [0.717, 1.165) is 0 Å². The van der Waals surface area contributed by atoms with Gasteiger partial charge in [0.1, 0.15) is 0 Å². The van der Waals surface area contributed by atoms with Crippen molar-refractivity contribution in [1.29, 1.82) is 5.26 Å². The third-order valence-corrected chi connectivity index (χ3v) is 5.74. The minimum atomic E-state index is -1.11. The summed E-state index contributed by atoms with van der Waals surface area (Å²) in [5, 5.41) is 21.4. The summed E-state index contributed by atoms with van der Waals surface area (Å²) in [5.74, 6) is -1.35. The first kappa shape index (κ1) is 22.0. The van der Waals surface area contributed by atoms with Gasteiger partial charge in [-0.05, 0) is 42.8 Å². The largest absolute Gasteiger partial charge is 0.478 e. The molecule has 2 N–H and O–H groups in total. The molecule has 1 atom stereocenters. The second-order valence-electron chi connectivity index (χ2n) is 7.71. The Hall–Kier alpha value is -4.16. The van der Waals surface area contributed by atoms with Gasteiger partial charge in [-0.1, -0.05) is 18.2 Å². The molecule has 0 aromatic heterocycles. The number of anilines is 1. The quantitative estimate of drug-likeness (QED) is 0.744. The number of carbonyl (C=O) groups is 3. The molecule has 1 fully saturated rings. The minimum absolute atomic E-state index is 0.0309. The number of carboxylic acid groups (broad SMARTS) is 1. The normalized spacial score (nSPS) is 18.5. The summed E-state index contributed by atoms with van der Waals surface area (Å²) in [7, 11) is 0.